The number of aryl methyl sites for hydroxylation is 1. The van der Waals surface area contributed by atoms with Gasteiger partial charge in [0.2, 0.25) is 0 Å². The Labute approximate surface area is 138 Å². The zero-order valence-electron chi connectivity index (χ0n) is 12.3. The van der Waals surface area contributed by atoms with Crippen molar-refractivity contribution in [3.63, 3.8) is 0 Å². The predicted molar refractivity (Wildman–Crippen MR) is 95.4 cm³/mol. The Hall–Kier alpha value is -2.14. The van der Waals surface area contributed by atoms with Crippen LogP contribution in [0.25, 0.3) is 10.9 Å². The zero-order chi connectivity index (χ0) is 15.4. The first kappa shape index (κ1) is 14.8. The minimum atomic E-state index is 0.783. The van der Waals surface area contributed by atoms with Crippen molar-refractivity contribution in [3.8, 4) is 0 Å². The van der Waals surface area contributed by atoms with Gasteiger partial charge in [0.15, 0.2) is 0 Å². The van der Waals surface area contributed by atoms with Crippen LogP contribution in [0.5, 0.6) is 0 Å². The summed E-state index contributed by atoms with van der Waals surface area (Å²) in [5.41, 5.74) is 2.22. The van der Waals surface area contributed by atoms with Crippen LogP contribution in [0.4, 0.5) is 11.6 Å². The van der Waals surface area contributed by atoms with Crippen LogP contribution < -0.4 is 10.6 Å². The molecule has 0 spiro atoms. The summed E-state index contributed by atoms with van der Waals surface area (Å²) >= 11 is 3.50. The van der Waals surface area contributed by atoms with E-state index in [9.17, 15) is 0 Å². The predicted octanol–water partition coefficient (Wildman–Crippen LogP) is 4.22. The van der Waals surface area contributed by atoms with Gasteiger partial charge in [0.1, 0.15) is 11.6 Å². The van der Waals surface area contributed by atoms with Gasteiger partial charge in [-0.2, -0.15) is 0 Å². The van der Waals surface area contributed by atoms with Crippen LogP contribution in [0, 0.1) is 6.92 Å². The molecule has 0 atom stereocenters. The van der Waals surface area contributed by atoms with E-state index in [1.807, 2.05) is 30.3 Å². The Morgan fingerprint density at radius 2 is 1.82 bits per heavy atom. The van der Waals surface area contributed by atoms with E-state index in [0.717, 1.165) is 34.7 Å². The molecule has 0 fully saturated rings. The lowest BCUT2D eigenvalue weighted by Gasteiger charge is -2.10. The van der Waals surface area contributed by atoms with Gasteiger partial charge in [-0.25, -0.2) is 9.97 Å². The molecule has 112 valence electrons. The number of pyridine rings is 2. The van der Waals surface area contributed by atoms with Gasteiger partial charge in [-0.1, -0.05) is 22.0 Å². The lowest BCUT2D eigenvalue weighted by molar-refractivity contribution is 1.05. The maximum absolute atomic E-state index is 4.65. The molecule has 2 aromatic heterocycles. The normalized spacial score (nSPS) is 10.6. The molecule has 4 nitrogen and oxygen atoms in total. The quantitative estimate of drug-likeness (QED) is 0.671. The van der Waals surface area contributed by atoms with Gasteiger partial charge < -0.3 is 10.6 Å². The highest BCUT2D eigenvalue weighted by Gasteiger charge is 2.03. The van der Waals surface area contributed by atoms with Gasteiger partial charge in [-0.15, -0.1) is 0 Å². The third-order valence-electron chi connectivity index (χ3n) is 3.38. The minimum Gasteiger partial charge on any atom is -0.368 e. The van der Waals surface area contributed by atoms with E-state index in [0.29, 0.717) is 0 Å². The first-order valence-electron chi connectivity index (χ1n) is 7.18. The topological polar surface area (TPSA) is 49.8 Å². The van der Waals surface area contributed by atoms with Gasteiger partial charge in [0, 0.05) is 29.1 Å². The fourth-order valence-corrected chi connectivity index (χ4v) is 2.67. The third kappa shape index (κ3) is 3.54. The molecule has 0 bridgehead atoms. The van der Waals surface area contributed by atoms with Crippen molar-refractivity contribution in [2.45, 2.75) is 6.92 Å². The van der Waals surface area contributed by atoms with E-state index in [-0.39, 0.29) is 0 Å². The standard InChI is InChI=1S/C17H17BrN4/c1-12-10-17(22-15-6-5-13(18)11-14(12)15)21-9-8-20-16-4-2-3-7-19-16/h2-7,10-11H,8-9H2,1H3,(H,19,20)(H,21,22). The van der Waals surface area contributed by atoms with Crippen LogP contribution in [-0.4, -0.2) is 23.1 Å². The monoisotopic (exact) mass is 356 g/mol. The molecule has 0 aliphatic rings. The second-order valence-corrected chi connectivity index (χ2v) is 5.97. The highest BCUT2D eigenvalue weighted by molar-refractivity contribution is 9.10. The Bertz CT molecular complexity index is 774. The summed E-state index contributed by atoms with van der Waals surface area (Å²) in [6, 6.07) is 14.1. The summed E-state index contributed by atoms with van der Waals surface area (Å²) in [4.78, 5) is 8.87. The zero-order valence-corrected chi connectivity index (χ0v) is 13.9. The number of nitrogens with one attached hydrogen (secondary N) is 2. The lowest BCUT2D eigenvalue weighted by atomic mass is 10.1. The molecule has 0 radical (unpaired) electrons. The van der Waals surface area contributed by atoms with E-state index >= 15 is 0 Å². The summed E-state index contributed by atoms with van der Waals surface area (Å²) < 4.78 is 1.07. The van der Waals surface area contributed by atoms with Crippen molar-refractivity contribution in [2.75, 3.05) is 23.7 Å². The maximum atomic E-state index is 4.65. The van der Waals surface area contributed by atoms with Crippen LogP contribution in [0.3, 0.4) is 0 Å². The highest BCUT2D eigenvalue weighted by atomic mass is 79.9. The molecule has 0 saturated heterocycles. The second kappa shape index (κ2) is 6.75. The van der Waals surface area contributed by atoms with E-state index in [2.05, 4.69) is 55.6 Å². The fourth-order valence-electron chi connectivity index (χ4n) is 2.31. The van der Waals surface area contributed by atoms with Crippen molar-refractivity contribution in [3.05, 3.63) is 58.7 Å². The van der Waals surface area contributed by atoms with Crippen molar-refractivity contribution < 1.29 is 0 Å². The van der Waals surface area contributed by atoms with Crippen LogP contribution >= 0.6 is 15.9 Å². The van der Waals surface area contributed by atoms with E-state index in [4.69, 9.17) is 0 Å². The van der Waals surface area contributed by atoms with Crippen molar-refractivity contribution >= 4 is 38.5 Å². The van der Waals surface area contributed by atoms with Crippen molar-refractivity contribution in [1.29, 1.82) is 0 Å². The van der Waals surface area contributed by atoms with Gasteiger partial charge >= 0.3 is 0 Å². The molecule has 0 amide bonds. The van der Waals surface area contributed by atoms with Crippen LogP contribution in [0.15, 0.2) is 53.1 Å². The molecule has 5 heteroatoms. The number of halogens is 1. The van der Waals surface area contributed by atoms with Crippen LogP contribution in [0.1, 0.15) is 5.56 Å². The van der Waals surface area contributed by atoms with E-state index in [1.54, 1.807) is 6.20 Å². The lowest BCUT2D eigenvalue weighted by Crippen LogP contribution is -2.15. The summed E-state index contributed by atoms with van der Waals surface area (Å²) in [7, 11) is 0. The summed E-state index contributed by atoms with van der Waals surface area (Å²) in [6.07, 6.45) is 1.78. The Balaban J connectivity index is 1.63. The molecule has 1 aromatic carbocycles. The first-order valence-corrected chi connectivity index (χ1v) is 7.97. The Kier molecular flexibility index (Phi) is 4.53. The molecule has 22 heavy (non-hydrogen) atoms. The molecule has 0 unspecified atom stereocenters. The number of rotatable bonds is 5. The number of aromatic nitrogens is 2. The molecule has 3 rings (SSSR count). The number of nitrogens with zero attached hydrogens (tertiary/aromatic N) is 2. The average molecular weight is 357 g/mol. The van der Waals surface area contributed by atoms with Crippen LogP contribution in [-0.2, 0) is 0 Å². The van der Waals surface area contributed by atoms with E-state index < -0.39 is 0 Å². The molecule has 2 heterocycles. The molecule has 2 N–H and O–H groups in total. The minimum absolute atomic E-state index is 0.783. The van der Waals surface area contributed by atoms with Crippen LogP contribution in [0.2, 0.25) is 0 Å². The molecule has 0 aliphatic heterocycles. The number of hydrogen-bond donors (Lipinski definition) is 2. The Morgan fingerprint density at radius 3 is 2.59 bits per heavy atom. The summed E-state index contributed by atoms with van der Waals surface area (Å²) in [6.45, 7) is 3.68. The fraction of sp³-hybridized carbons (Fsp3) is 0.176. The molecule has 0 aliphatic carbocycles. The Morgan fingerprint density at radius 1 is 1.00 bits per heavy atom. The second-order valence-electron chi connectivity index (χ2n) is 5.05. The van der Waals surface area contributed by atoms with E-state index in [1.165, 1.54) is 10.9 Å². The van der Waals surface area contributed by atoms with Crippen molar-refractivity contribution in [2.24, 2.45) is 0 Å². The molecular weight excluding hydrogens is 340 g/mol. The largest absolute Gasteiger partial charge is 0.368 e. The first-order chi connectivity index (χ1) is 10.7. The third-order valence-corrected chi connectivity index (χ3v) is 3.87. The summed E-state index contributed by atoms with van der Waals surface area (Å²) in [5, 5.41) is 7.79. The average Bonchev–Trinajstić information content (AvgIpc) is 2.53. The SMILES string of the molecule is Cc1cc(NCCNc2ccccn2)nc2ccc(Br)cc12. The van der Waals surface area contributed by atoms with Gasteiger partial charge in [0.25, 0.3) is 0 Å². The number of hydrogen-bond acceptors (Lipinski definition) is 4. The molecule has 3 aromatic rings. The van der Waals surface area contributed by atoms with Gasteiger partial charge in [-0.05, 0) is 48.9 Å². The molecular formula is C17H17BrN4. The maximum Gasteiger partial charge on any atom is 0.126 e. The summed E-state index contributed by atoms with van der Waals surface area (Å²) in [5.74, 6) is 1.78. The highest BCUT2D eigenvalue weighted by Crippen LogP contribution is 2.23. The van der Waals surface area contributed by atoms with Crippen molar-refractivity contribution in [1.82, 2.24) is 9.97 Å². The van der Waals surface area contributed by atoms with Gasteiger partial charge in [0.05, 0.1) is 5.52 Å². The number of benzene rings is 1. The molecule has 0 saturated carbocycles. The number of anilines is 2. The number of fused-ring (bicyclic) bond motifs is 1. The van der Waals surface area contributed by atoms with Gasteiger partial charge in [-0.3, -0.25) is 0 Å². The smallest absolute Gasteiger partial charge is 0.126 e.